The van der Waals surface area contributed by atoms with Crippen LogP contribution in [0.1, 0.15) is 12.5 Å². The van der Waals surface area contributed by atoms with Gasteiger partial charge < -0.3 is 5.32 Å². The van der Waals surface area contributed by atoms with Gasteiger partial charge in [0.25, 0.3) is 5.78 Å². The van der Waals surface area contributed by atoms with Crippen LogP contribution in [-0.4, -0.2) is 16.6 Å². The van der Waals surface area contributed by atoms with Crippen LogP contribution in [0.15, 0.2) is 30.3 Å². The predicted octanol–water partition coefficient (Wildman–Crippen LogP) is 1.43. The van der Waals surface area contributed by atoms with E-state index in [1.807, 2.05) is 30.3 Å². The van der Waals surface area contributed by atoms with Crippen molar-refractivity contribution < 1.29 is 14.3 Å². The molecule has 15 heavy (non-hydrogen) atoms. The van der Waals surface area contributed by atoms with Gasteiger partial charge in [-0.15, -0.1) is 0 Å². The molecule has 0 heterocycles. The first kappa shape index (κ1) is 11.8. The summed E-state index contributed by atoms with van der Waals surface area (Å²) in [5.74, 6) is -0.942. The zero-order valence-corrected chi connectivity index (χ0v) is 9.28. The zero-order valence-electron chi connectivity index (χ0n) is 8.38. The fourth-order valence-electron chi connectivity index (χ4n) is 1.12. The van der Waals surface area contributed by atoms with Crippen LogP contribution < -0.4 is 5.32 Å². The summed E-state index contributed by atoms with van der Waals surface area (Å²) in [5.41, 5.74) is 0.885. The summed E-state index contributed by atoms with van der Waals surface area (Å²) in [6.07, 6.45) is 0.231. The number of nitrogens with one attached hydrogen (secondary N) is 1. The minimum Gasteiger partial charge on any atom is -0.310 e. The van der Waals surface area contributed by atoms with E-state index in [1.54, 1.807) is 0 Å². The Morgan fingerprint density at radius 2 is 2.07 bits per heavy atom. The third kappa shape index (κ3) is 4.19. The van der Waals surface area contributed by atoms with Crippen LogP contribution >= 0.6 is 8.03 Å². The van der Waals surface area contributed by atoms with Crippen molar-refractivity contribution in [1.29, 1.82) is 0 Å². The van der Waals surface area contributed by atoms with E-state index in [-0.39, 0.29) is 12.3 Å². The summed E-state index contributed by atoms with van der Waals surface area (Å²) in [7, 11) is -2.35. The molecule has 0 bridgehead atoms. The Morgan fingerprint density at radius 3 is 2.60 bits per heavy atom. The lowest BCUT2D eigenvalue weighted by atomic mass is 10.1. The van der Waals surface area contributed by atoms with Gasteiger partial charge in [-0.05, 0) is 10.1 Å². The number of carbonyl (C=O) groups excluding carboxylic acids is 1. The van der Waals surface area contributed by atoms with Gasteiger partial charge in [0.15, 0.2) is 0 Å². The number of carbonyl (C=O) groups is 1. The molecule has 2 atom stereocenters. The predicted molar refractivity (Wildman–Crippen MR) is 57.6 cm³/mol. The van der Waals surface area contributed by atoms with Gasteiger partial charge in [0, 0.05) is 6.92 Å². The largest absolute Gasteiger partial charge is 0.530 e. The Hall–Kier alpha value is -1.25. The molecule has 4 nitrogen and oxygen atoms in total. The van der Waals surface area contributed by atoms with Crippen molar-refractivity contribution in [2.45, 2.75) is 19.1 Å². The fourth-order valence-corrected chi connectivity index (χ4v) is 1.37. The quantitative estimate of drug-likeness (QED) is 0.763. The summed E-state index contributed by atoms with van der Waals surface area (Å²) in [4.78, 5) is 20.1. The van der Waals surface area contributed by atoms with Gasteiger partial charge in [-0.2, -0.15) is 4.89 Å². The molecule has 0 saturated heterocycles. The Labute approximate surface area is 89.2 Å². The second-order valence-electron chi connectivity index (χ2n) is 3.21. The zero-order chi connectivity index (χ0) is 11.3. The number of amides is 1. The van der Waals surface area contributed by atoms with Gasteiger partial charge in [0.1, 0.15) is 0 Å². The Morgan fingerprint density at radius 1 is 1.47 bits per heavy atom. The van der Waals surface area contributed by atoms with Crippen LogP contribution in [-0.2, 0) is 15.8 Å². The lowest BCUT2D eigenvalue weighted by Gasteiger charge is -2.03. The molecular formula is C10H13NO3P+. The van der Waals surface area contributed by atoms with Crippen LogP contribution in [0.2, 0.25) is 0 Å². The second kappa shape index (κ2) is 5.59. The maximum Gasteiger partial charge on any atom is 0.530 e. The maximum absolute atomic E-state index is 11.4. The third-order valence-corrected chi connectivity index (χ3v) is 2.70. The molecule has 0 aromatic heterocycles. The van der Waals surface area contributed by atoms with Crippen molar-refractivity contribution >= 4 is 13.9 Å². The first-order chi connectivity index (χ1) is 7.09. The van der Waals surface area contributed by atoms with Crippen LogP contribution in [0.3, 0.4) is 0 Å². The molecule has 0 spiro atoms. The average Bonchev–Trinajstić information content (AvgIpc) is 2.18. The highest BCUT2D eigenvalue weighted by molar-refractivity contribution is 7.38. The molecule has 0 aliphatic rings. The van der Waals surface area contributed by atoms with Gasteiger partial charge in [0.05, 0.1) is 6.42 Å². The topological polar surface area (TPSA) is 66.4 Å². The van der Waals surface area contributed by atoms with Gasteiger partial charge in [-0.25, -0.2) is 0 Å². The highest BCUT2D eigenvalue weighted by Crippen LogP contribution is 2.18. The Balaban J connectivity index is 2.47. The van der Waals surface area contributed by atoms with Gasteiger partial charge in [-0.1, -0.05) is 30.3 Å². The average molecular weight is 226 g/mol. The van der Waals surface area contributed by atoms with Crippen LogP contribution in [0.4, 0.5) is 0 Å². The van der Waals surface area contributed by atoms with Crippen LogP contribution in [0.5, 0.6) is 0 Å². The van der Waals surface area contributed by atoms with Crippen molar-refractivity contribution in [3.63, 3.8) is 0 Å². The number of benzene rings is 1. The lowest BCUT2D eigenvalue weighted by molar-refractivity contribution is -0.120. The number of rotatable bonds is 4. The van der Waals surface area contributed by atoms with E-state index in [0.29, 0.717) is 0 Å². The van der Waals surface area contributed by atoms with E-state index in [0.717, 1.165) is 5.56 Å². The molecule has 80 valence electrons. The number of hydrogen-bond donors (Lipinski definition) is 2. The van der Waals surface area contributed by atoms with Crippen molar-refractivity contribution in [2.75, 3.05) is 0 Å². The van der Waals surface area contributed by atoms with Crippen LogP contribution in [0.25, 0.3) is 0 Å². The molecular weight excluding hydrogens is 213 g/mol. The van der Waals surface area contributed by atoms with Crippen molar-refractivity contribution in [2.24, 2.45) is 0 Å². The van der Waals surface area contributed by atoms with Gasteiger partial charge >= 0.3 is 8.03 Å². The van der Waals surface area contributed by atoms with Crippen molar-refractivity contribution in [3.8, 4) is 0 Å². The molecule has 0 saturated carbocycles. The minimum atomic E-state index is -2.35. The molecule has 0 aliphatic carbocycles. The van der Waals surface area contributed by atoms with Crippen molar-refractivity contribution in [3.05, 3.63) is 35.9 Å². The third-order valence-electron chi connectivity index (χ3n) is 1.91. The Kier molecular flexibility index (Phi) is 4.40. The number of hydrogen-bond acceptors (Lipinski definition) is 2. The molecule has 5 heteroatoms. The molecule has 1 aromatic rings. The molecule has 1 aromatic carbocycles. The summed E-state index contributed by atoms with van der Waals surface area (Å²) in [6.45, 7) is 1.50. The smallest absolute Gasteiger partial charge is 0.310 e. The fraction of sp³-hybridized carbons (Fsp3) is 0.300. The molecule has 0 fully saturated rings. The molecule has 1 rings (SSSR count). The van der Waals surface area contributed by atoms with E-state index < -0.39 is 13.8 Å². The molecule has 1 amide bonds. The standard InChI is InChI=1S/C10H12NO3P/c1-8(15(13)14)11-10(12)7-9-5-3-2-4-6-9/h2-6,8H,7H2,1H3,(H-,11,12,13,14)/p+1/t8-/m1/s1. The van der Waals surface area contributed by atoms with Crippen molar-refractivity contribution in [1.82, 2.24) is 5.32 Å². The van der Waals surface area contributed by atoms with E-state index in [1.165, 1.54) is 6.92 Å². The second-order valence-corrected chi connectivity index (χ2v) is 4.59. The molecule has 1 unspecified atom stereocenters. The first-order valence-corrected chi connectivity index (χ1v) is 5.86. The minimum absolute atomic E-state index is 0.231. The molecule has 0 radical (unpaired) electrons. The monoisotopic (exact) mass is 226 g/mol. The van der Waals surface area contributed by atoms with Gasteiger partial charge in [0.2, 0.25) is 5.91 Å². The highest BCUT2D eigenvalue weighted by Gasteiger charge is 2.24. The summed E-state index contributed by atoms with van der Waals surface area (Å²) in [6, 6.07) is 9.23. The van der Waals surface area contributed by atoms with Gasteiger partial charge in [-0.3, -0.25) is 4.79 Å². The van der Waals surface area contributed by atoms with E-state index in [9.17, 15) is 9.36 Å². The normalized spacial score (nSPS) is 13.1. The van der Waals surface area contributed by atoms with Crippen LogP contribution in [0, 0.1) is 0 Å². The summed E-state index contributed by atoms with van der Waals surface area (Å²) >= 11 is 0. The Bertz CT molecular complexity index is 353. The first-order valence-electron chi connectivity index (χ1n) is 4.58. The summed E-state index contributed by atoms with van der Waals surface area (Å²) in [5, 5.41) is 2.46. The van der Waals surface area contributed by atoms with E-state index >= 15 is 0 Å². The lowest BCUT2D eigenvalue weighted by Crippen LogP contribution is -2.31. The SMILES string of the molecule is C[C@H](NC(=O)Cc1ccccc1)[P+](=O)O. The molecule has 0 aliphatic heterocycles. The summed E-state index contributed by atoms with van der Waals surface area (Å²) < 4.78 is 10.6. The van der Waals surface area contributed by atoms with E-state index in [2.05, 4.69) is 5.32 Å². The van der Waals surface area contributed by atoms with E-state index in [4.69, 9.17) is 4.89 Å². The maximum atomic E-state index is 11.4. The highest BCUT2D eigenvalue weighted by atomic mass is 31.1. The molecule has 2 N–H and O–H groups in total.